The first-order valence-electron chi connectivity index (χ1n) is 6.85. The van der Waals surface area contributed by atoms with Crippen LogP contribution in [-0.2, 0) is 11.3 Å². The first-order chi connectivity index (χ1) is 9.70. The second-order valence-corrected chi connectivity index (χ2v) is 5.16. The summed E-state index contributed by atoms with van der Waals surface area (Å²) >= 11 is 0. The molecule has 0 unspecified atom stereocenters. The summed E-state index contributed by atoms with van der Waals surface area (Å²) in [5.74, 6) is 0.800. The SMILES string of the molecule is Cc1cc([C@@H]2CN(Cc3ccn[nH]3)CCO2)nc(C)n1. The minimum absolute atomic E-state index is 0.0204. The molecule has 1 fully saturated rings. The molecule has 6 nitrogen and oxygen atoms in total. The Bertz CT molecular complexity index is 549. The van der Waals surface area contributed by atoms with Gasteiger partial charge in [-0.3, -0.25) is 10.00 Å². The van der Waals surface area contributed by atoms with Gasteiger partial charge in [0.15, 0.2) is 0 Å². The first-order valence-corrected chi connectivity index (χ1v) is 6.85. The van der Waals surface area contributed by atoms with Crippen molar-refractivity contribution in [2.75, 3.05) is 19.7 Å². The van der Waals surface area contributed by atoms with Crippen LogP contribution in [0.4, 0.5) is 0 Å². The standard InChI is InChI=1S/C14H19N5O/c1-10-7-13(17-11(2)16-10)14-9-19(5-6-20-14)8-12-3-4-15-18-12/h3-4,7,14H,5-6,8-9H2,1-2H3,(H,15,18)/t14-/m0/s1. The topological polar surface area (TPSA) is 66.9 Å². The normalized spacial score (nSPS) is 20.2. The summed E-state index contributed by atoms with van der Waals surface area (Å²) in [5.41, 5.74) is 3.09. The summed E-state index contributed by atoms with van der Waals surface area (Å²) in [6, 6.07) is 4.01. The van der Waals surface area contributed by atoms with Gasteiger partial charge in [0.1, 0.15) is 11.9 Å². The summed E-state index contributed by atoms with van der Waals surface area (Å²) in [6.45, 7) is 7.27. The van der Waals surface area contributed by atoms with E-state index < -0.39 is 0 Å². The highest BCUT2D eigenvalue weighted by molar-refractivity contribution is 5.13. The van der Waals surface area contributed by atoms with Crippen molar-refractivity contribution < 1.29 is 4.74 Å². The Balaban J connectivity index is 1.71. The molecule has 0 saturated carbocycles. The van der Waals surface area contributed by atoms with Crippen molar-refractivity contribution in [3.63, 3.8) is 0 Å². The van der Waals surface area contributed by atoms with E-state index >= 15 is 0 Å². The van der Waals surface area contributed by atoms with E-state index in [2.05, 4.69) is 25.1 Å². The maximum Gasteiger partial charge on any atom is 0.125 e. The van der Waals surface area contributed by atoms with Crippen molar-refractivity contribution in [3.8, 4) is 0 Å². The summed E-state index contributed by atoms with van der Waals surface area (Å²) in [7, 11) is 0. The largest absolute Gasteiger partial charge is 0.369 e. The summed E-state index contributed by atoms with van der Waals surface area (Å²) < 4.78 is 5.87. The Morgan fingerprint density at radius 3 is 3.05 bits per heavy atom. The Kier molecular flexibility index (Phi) is 3.75. The third kappa shape index (κ3) is 3.02. The molecule has 1 atom stereocenters. The molecule has 1 aliphatic rings. The van der Waals surface area contributed by atoms with Crippen LogP contribution < -0.4 is 0 Å². The molecule has 2 aromatic heterocycles. The second kappa shape index (κ2) is 5.68. The molecule has 3 heterocycles. The Morgan fingerprint density at radius 1 is 1.40 bits per heavy atom. The molecule has 1 saturated heterocycles. The molecule has 1 aliphatic heterocycles. The van der Waals surface area contributed by atoms with Gasteiger partial charge in [-0.15, -0.1) is 0 Å². The summed E-state index contributed by atoms with van der Waals surface area (Å²) in [4.78, 5) is 11.2. The average molecular weight is 273 g/mol. The molecule has 106 valence electrons. The molecule has 6 heteroatoms. The number of aryl methyl sites for hydroxylation is 2. The van der Waals surface area contributed by atoms with Crippen molar-refractivity contribution in [2.45, 2.75) is 26.5 Å². The van der Waals surface area contributed by atoms with Gasteiger partial charge < -0.3 is 4.74 Å². The van der Waals surface area contributed by atoms with Gasteiger partial charge in [-0.1, -0.05) is 0 Å². The number of ether oxygens (including phenoxy) is 1. The van der Waals surface area contributed by atoms with Crippen molar-refractivity contribution in [1.29, 1.82) is 0 Å². The van der Waals surface area contributed by atoms with Crippen molar-refractivity contribution in [3.05, 3.63) is 41.2 Å². The van der Waals surface area contributed by atoms with Crippen LogP contribution in [-0.4, -0.2) is 44.8 Å². The zero-order chi connectivity index (χ0) is 13.9. The number of nitrogens with one attached hydrogen (secondary N) is 1. The smallest absolute Gasteiger partial charge is 0.125 e. The molecule has 0 amide bonds. The Labute approximate surface area is 118 Å². The lowest BCUT2D eigenvalue weighted by molar-refractivity contribution is -0.0355. The predicted molar refractivity (Wildman–Crippen MR) is 74.1 cm³/mol. The number of hydrogen-bond donors (Lipinski definition) is 1. The highest BCUT2D eigenvalue weighted by atomic mass is 16.5. The number of hydrogen-bond acceptors (Lipinski definition) is 5. The van der Waals surface area contributed by atoms with Crippen LogP contribution in [0, 0.1) is 13.8 Å². The van der Waals surface area contributed by atoms with Crippen molar-refractivity contribution in [2.24, 2.45) is 0 Å². The van der Waals surface area contributed by atoms with E-state index in [1.54, 1.807) is 6.20 Å². The third-order valence-corrected chi connectivity index (χ3v) is 3.42. The zero-order valence-electron chi connectivity index (χ0n) is 11.8. The highest BCUT2D eigenvalue weighted by Crippen LogP contribution is 2.22. The number of H-pyrrole nitrogens is 1. The van der Waals surface area contributed by atoms with Gasteiger partial charge in [0.05, 0.1) is 12.3 Å². The predicted octanol–water partition coefficient (Wildman–Crippen LogP) is 1.39. The van der Waals surface area contributed by atoms with Gasteiger partial charge in [-0.05, 0) is 26.0 Å². The van der Waals surface area contributed by atoms with Crippen molar-refractivity contribution >= 4 is 0 Å². The Morgan fingerprint density at radius 2 is 2.30 bits per heavy atom. The van der Waals surface area contributed by atoms with Crippen LogP contribution in [0.2, 0.25) is 0 Å². The van der Waals surface area contributed by atoms with E-state index in [4.69, 9.17) is 4.74 Å². The molecule has 0 bridgehead atoms. The van der Waals surface area contributed by atoms with E-state index in [0.717, 1.165) is 49.1 Å². The number of morpholine rings is 1. The zero-order valence-corrected chi connectivity index (χ0v) is 11.8. The Hall–Kier alpha value is -1.79. The molecule has 3 rings (SSSR count). The van der Waals surface area contributed by atoms with Crippen LogP contribution in [0.5, 0.6) is 0 Å². The number of rotatable bonds is 3. The molecule has 0 radical (unpaired) electrons. The number of aromatic amines is 1. The first kappa shape index (κ1) is 13.2. The van der Waals surface area contributed by atoms with Crippen LogP contribution >= 0.6 is 0 Å². The lowest BCUT2D eigenvalue weighted by Gasteiger charge is -2.32. The van der Waals surface area contributed by atoms with Gasteiger partial charge in [0.2, 0.25) is 0 Å². The third-order valence-electron chi connectivity index (χ3n) is 3.42. The minimum Gasteiger partial charge on any atom is -0.369 e. The minimum atomic E-state index is 0.0204. The molecule has 2 aromatic rings. The van der Waals surface area contributed by atoms with Crippen LogP contribution in [0.25, 0.3) is 0 Å². The molecular formula is C14H19N5O. The van der Waals surface area contributed by atoms with E-state index in [-0.39, 0.29) is 6.10 Å². The van der Waals surface area contributed by atoms with Gasteiger partial charge in [0.25, 0.3) is 0 Å². The van der Waals surface area contributed by atoms with Crippen LogP contribution in [0.3, 0.4) is 0 Å². The lowest BCUT2D eigenvalue weighted by atomic mass is 10.1. The molecule has 0 aromatic carbocycles. The van der Waals surface area contributed by atoms with Crippen molar-refractivity contribution in [1.82, 2.24) is 25.1 Å². The van der Waals surface area contributed by atoms with Gasteiger partial charge >= 0.3 is 0 Å². The fraction of sp³-hybridized carbons (Fsp3) is 0.500. The molecule has 0 aliphatic carbocycles. The van der Waals surface area contributed by atoms with Crippen LogP contribution in [0.15, 0.2) is 18.3 Å². The van der Waals surface area contributed by atoms with E-state index in [1.165, 1.54) is 0 Å². The van der Waals surface area contributed by atoms with E-state index in [0.29, 0.717) is 0 Å². The molecule has 0 spiro atoms. The lowest BCUT2D eigenvalue weighted by Crippen LogP contribution is -2.38. The fourth-order valence-electron chi connectivity index (χ4n) is 2.55. The van der Waals surface area contributed by atoms with Crippen LogP contribution in [0.1, 0.15) is 29.0 Å². The highest BCUT2D eigenvalue weighted by Gasteiger charge is 2.23. The van der Waals surface area contributed by atoms with Gasteiger partial charge in [0, 0.05) is 37.2 Å². The fourth-order valence-corrected chi connectivity index (χ4v) is 2.55. The van der Waals surface area contributed by atoms with E-state index in [1.807, 2.05) is 26.0 Å². The average Bonchev–Trinajstić information content (AvgIpc) is 2.91. The maximum absolute atomic E-state index is 5.87. The van der Waals surface area contributed by atoms with Gasteiger partial charge in [-0.2, -0.15) is 5.10 Å². The van der Waals surface area contributed by atoms with Gasteiger partial charge in [-0.25, -0.2) is 9.97 Å². The molecule has 20 heavy (non-hydrogen) atoms. The summed E-state index contributed by atoms with van der Waals surface area (Å²) in [6.07, 6.45) is 1.80. The van der Waals surface area contributed by atoms with E-state index in [9.17, 15) is 0 Å². The monoisotopic (exact) mass is 273 g/mol. The maximum atomic E-state index is 5.87. The molecule has 1 N–H and O–H groups in total. The number of nitrogens with zero attached hydrogens (tertiary/aromatic N) is 4. The summed E-state index contributed by atoms with van der Waals surface area (Å²) in [5, 5.41) is 6.98. The quantitative estimate of drug-likeness (QED) is 0.915. The number of aromatic nitrogens is 4. The second-order valence-electron chi connectivity index (χ2n) is 5.16. The molecular weight excluding hydrogens is 254 g/mol.